The van der Waals surface area contributed by atoms with Gasteiger partial charge in [0.25, 0.3) is 0 Å². The molecule has 0 bridgehead atoms. The van der Waals surface area contributed by atoms with Crippen LogP contribution < -0.4 is 11.1 Å². The lowest BCUT2D eigenvalue weighted by molar-refractivity contribution is -0.122. The van der Waals surface area contributed by atoms with Gasteiger partial charge in [-0.1, -0.05) is 30.3 Å². The van der Waals surface area contributed by atoms with Crippen molar-refractivity contribution in [3.63, 3.8) is 0 Å². The molecule has 0 radical (unpaired) electrons. The summed E-state index contributed by atoms with van der Waals surface area (Å²) in [6.07, 6.45) is 3.71. The Labute approximate surface area is 119 Å². The van der Waals surface area contributed by atoms with Gasteiger partial charge in [0.15, 0.2) is 0 Å². The van der Waals surface area contributed by atoms with Crippen LogP contribution in [0.5, 0.6) is 0 Å². The predicted molar refractivity (Wildman–Crippen MR) is 78.8 cm³/mol. The van der Waals surface area contributed by atoms with E-state index in [-0.39, 0.29) is 24.4 Å². The quantitative estimate of drug-likeness (QED) is 0.875. The summed E-state index contributed by atoms with van der Waals surface area (Å²) in [6.45, 7) is 1.95. The summed E-state index contributed by atoms with van der Waals surface area (Å²) >= 11 is 0. The van der Waals surface area contributed by atoms with E-state index in [2.05, 4.69) is 10.3 Å². The van der Waals surface area contributed by atoms with Crippen molar-refractivity contribution in [2.45, 2.75) is 25.4 Å². The largest absolute Gasteiger partial charge is 0.350 e. The first kappa shape index (κ1) is 14.2. The van der Waals surface area contributed by atoms with Crippen LogP contribution in [0.2, 0.25) is 0 Å². The maximum atomic E-state index is 12.0. The fourth-order valence-corrected chi connectivity index (χ4v) is 2.05. The van der Waals surface area contributed by atoms with Crippen molar-refractivity contribution in [1.29, 1.82) is 0 Å². The summed E-state index contributed by atoms with van der Waals surface area (Å²) in [4.78, 5) is 16.0. The van der Waals surface area contributed by atoms with Crippen LogP contribution in [0.1, 0.15) is 36.6 Å². The normalized spacial score (nSPS) is 13.5. The Kier molecular flexibility index (Phi) is 4.85. The Morgan fingerprint density at radius 2 is 1.80 bits per heavy atom. The maximum Gasteiger partial charge on any atom is 0.222 e. The molecule has 0 spiro atoms. The number of hydrogen-bond acceptors (Lipinski definition) is 3. The number of nitrogens with one attached hydrogen (secondary N) is 1. The van der Waals surface area contributed by atoms with E-state index < -0.39 is 0 Å². The standard InChI is InChI=1S/C16H19N3O/c1-12(13-7-9-18-10-8-13)19-16(20)11-15(17)14-5-3-2-4-6-14/h2-10,12,15H,11,17H2,1H3,(H,19,20)/t12-,15+/m0/s1. The molecule has 2 aromatic rings. The SMILES string of the molecule is C[C@H](NC(=O)C[C@@H](N)c1ccccc1)c1ccncc1. The van der Waals surface area contributed by atoms with Crippen LogP contribution in [0.4, 0.5) is 0 Å². The Morgan fingerprint density at radius 1 is 1.15 bits per heavy atom. The van der Waals surface area contributed by atoms with Crippen LogP contribution >= 0.6 is 0 Å². The fraction of sp³-hybridized carbons (Fsp3) is 0.250. The van der Waals surface area contributed by atoms with Crippen LogP contribution in [0.15, 0.2) is 54.9 Å². The summed E-state index contributed by atoms with van der Waals surface area (Å²) in [5, 5.41) is 2.95. The number of hydrogen-bond donors (Lipinski definition) is 2. The van der Waals surface area contributed by atoms with Crippen LogP contribution in [0.3, 0.4) is 0 Å². The molecule has 104 valence electrons. The first-order valence-corrected chi connectivity index (χ1v) is 6.66. The second kappa shape index (κ2) is 6.82. The number of pyridine rings is 1. The lowest BCUT2D eigenvalue weighted by Gasteiger charge is -2.16. The van der Waals surface area contributed by atoms with Gasteiger partial charge in [0.1, 0.15) is 0 Å². The van der Waals surface area contributed by atoms with Crippen molar-refractivity contribution in [2.24, 2.45) is 5.73 Å². The fourth-order valence-electron chi connectivity index (χ4n) is 2.05. The Morgan fingerprint density at radius 3 is 2.45 bits per heavy atom. The number of rotatable bonds is 5. The van der Waals surface area contributed by atoms with Crippen molar-refractivity contribution in [1.82, 2.24) is 10.3 Å². The number of benzene rings is 1. The molecule has 0 saturated heterocycles. The minimum Gasteiger partial charge on any atom is -0.350 e. The summed E-state index contributed by atoms with van der Waals surface area (Å²) < 4.78 is 0. The molecule has 1 amide bonds. The zero-order valence-corrected chi connectivity index (χ0v) is 11.5. The zero-order chi connectivity index (χ0) is 14.4. The zero-order valence-electron chi connectivity index (χ0n) is 11.5. The van der Waals surface area contributed by atoms with E-state index in [9.17, 15) is 4.79 Å². The molecule has 20 heavy (non-hydrogen) atoms. The Balaban J connectivity index is 1.90. The lowest BCUT2D eigenvalue weighted by atomic mass is 10.0. The Hall–Kier alpha value is -2.20. The van der Waals surface area contributed by atoms with Gasteiger partial charge in [-0.3, -0.25) is 9.78 Å². The summed E-state index contributed by atoms with van der Waals surface area (Å²) in [5.74, 6) is -0.0503. The highest BCUT2D eigenvalue weighted by molar-refractivity contribution is 5.77. The van der Waals surface area contributed by atoms with Gasteiger partial charge in [0.2, 0.25) is 5.91 Å². The Bertz CT molecular complexity index is 493. The number of amides is 1. The third-order valence-corrected chi connectivity index (χ3v) is 3.22. The van der Waals surface area contributed by atoms with Crippen molar-refractivity contribution in [2.75, 3.05) is 0 Å². The van der Waals surface area contributed by atoms with Gasteiger partial charge in [0, 0.05) is 24.9 Å². The molecule has 0 aliphatic rings. The number of carbonyl (C=O) groups excluding carboxylic acids is 1. The van der Waals surface area contributed by atoms with E-state index in [0.29, 0.717) is 0 Å². The molecule has 0 aliphatic carbocycles. The topological polar surface area (TPSA) is 68.0 Å². The van der Waals surface area contributed by atoms with Crippen molar-refractivity contribution in [3.05, 3.63) is 66.0 Å². The van der Waals surface area contributed by atoms with E-state index in [1.165, 1.54) is 0 Å². The van der Waals surface area contributed by atoms with E-state index in [1.54, 1.807) is 12.4 Å². The highest BCUT2D eigenvalue weighted by Crippen LogP contribution is 2.15. The molecule has 0 saturated carbocycles. The van der Waals surface area contributed by atoms with E-state index in [4.69, 9.17) is 5.73 Å². The minimum absolute atomic E-state index is 0.0477. The second-order valence-electron chi connectivity index (χ2n) is 4.79. The predicted octanol–water partition coefficient (Wildman–Crippen LogP) is 2.35. The van der Waals surface area contributed by atoms with Crippen LogP contribution in [-0.4, -0.2) is 10.9 Å². The average molecular weight is 269 g/mol. The first-order valence-electron chi connectivity index (χ1n) is 6.66. The first-order chi connectivity index (χ1) is 9.66. The van der Waals surface area contributed by atoms with Crippen LogP contribution in [0.25, 0.3) is 0 Å². The number of nitrogens with zero attached hydrogens (tertiary/aromatic N) is 1. The minimum atomic E-state index is -0.277. The van der Waals surface area contributed by atoms with Gasteiger partial charge >= 0.3 is 0 Å². The molecule has 4 nitrogen and oxygen atoms in total. The molecule has 2 rings (SSSR count). The van der Waals surface area contributed by atoms with Gasteiger partial charge in [-0.25, -0.2) is 0 Å². The molecule has 0 fully saturated rings. The molecule has 0 aliphatic heterocycles. The molecular formula is C16H19N3O. The lowest BCUT2D eigenvalue weighted by Crippen LogP contribution is -2.29. The van der Waals surface area contributed by atoms with E-state index in [0.717, 1.165) is 11.1 Å². The van der Waals surface area contributed by atoms with Gasteiger partial charge < -0.3 is 11.1 Å². The molecule has 3 N–H and O–H groups in total. The van der Waals surface area contributed by atoms with Crippen molar-refractivity contribution >= 4 is 5.91 Å². The molecule has 1 aromatic carbocycles. The average Bonchev–Trinajstić information content (AvgIpc) is 2.49. The highest BCUT2D eigenvalue weighted by atomic mass is 16.1. The summed E-state index contributed by atoms with van der Waals surface area (Å²) in [6, 6.07) is 13.1. The molecular weight excluding hydrogens is 250 g/mol. The summed E-state index contributed by atoms with van der Waals surface area (Å²) in [5.41, 5.74) is 8.04. The molecule has 1 heterocycles. The van der Waals surface area contributed by atoms with Gasteiger partial charge in [-0.2, -0.15) is 0 Å². The monoisotopic (exact) mass is 269 g/mol. The summed E-state index contributed by atoms with van der Waals surface area (Å²) in [7, 11) is 0. The van der Waals surface area contributed by atoms with Gasteiger partial charge in [-0.05, 0) is 30.2 Å². The highest BCUT2D eigenvalue weighted by Gasteiger charge is 2.14. The number of aromatic nitrogens is 1. The van der Waals surface area contributed by atoms with E-state index >= 15 is 0 Å². The van der Waals surface area contributed by atoms with E-state index in [1.807, 2.05) is 49.4 Å². The van der Waals surface area contributed by atoms with Crippen LogP contribution in [0, 0.1) is 0 Å². The smallest absolute Gasteiger partial charge is 0.222 e. The second-order valence-corrected chi connectivity index (χ2v) is 4.79. The number of carbonyl (C=O) groups is 1. The van der Waals surface area contributed by atoms with Crippen molar-refractivity contribution < 1.29 is 4.79 Å². The maximum absolute atomic E-state index is 12.0. The van der Waals surface area contributed by atoms with Crippen LogP contribution in [-0.2, 0) is 4.79 Å². The third-order valence-electron chi connectivity index (χ3n) is 3.22. The van der Waals surface area contributed by atoms with Crippen molar-refractivity contribution in [3.8, 4) is 0 Å². The van der Waals surface area contributed by atoms with Gasteiger partial charge in [0.05, 0.1) is 6.04 Å². The number of nitrogens with two attached hydrogens (primary N) is 1. The molecule has 2 atom stereocenters. The third kappa shape index (κ3) is 3.90. The molecule has 4 heteroatoms. The molecule has 0 unspecified atom stereocenters. The van der Waals surface area contributed by atoms with Gasteiger partial charge in [-0.15, -0.1) is 0 Å². The molecule has 1 aromatic heterocycles.